The first-order valence-corrected chi connectivity index (χ1v) is 6.47. The summed E-state index contributed by atoms with van der Waals surface area (Å²) in [5.74, 6) is -0.168. The molecule has 0 unspecified atom stereocenters. The van der Waals surface area contributed by atoms with Crippen molar-refractivity contribution in [2.24, 2.45) is 0 Å². The second-order valence-corrected chi connectivity index (χ2v) is 4.39. The quantitative estimate of drug-likeness (QED) is 0.622. The molecule has 0 spiro atoms. The Labute approximate surface area is 118 Å². The van der Waals surface area contributed by atoms with Crippen LogP contribution in [0.1, 0.15) is 11.1 Å². The van der Waals surface area contributed by atoms with E-state index in [1.807, 2.05) is 43.4 Å². The van der Waals surface area contributed by atoms with Crippen LogP contribution in [0.3, 0.4) is 0 Å². The van der Waals surface area contributed by atoms with Gasteiger partial charge in [0.1, 0.15) is 0 Å². The van der Waals surface area contributed by atoms with Gasteiger partial charge in [-0.15, -0.1) is 0 Å². The molecule has 0 saturated carbocycles. The van der Waals surface area contributed by atoms with Crippen molar-refractivity contribution in [3.63, 3.8) is 0 Å². The predicted octanol–water partition coefficient (Wildman–Crippen LogP) is 3.10. The highest BCUT2D eigenvalue weighted by Crippen LogP contribution is 2.18. The van der Waals surface area contributed by atoms with Crippen molar-refractivity contribution in [3.8, 4) is 5.75 Å². The molecule has 0 bridgehead atoms. The van der Waals surface area contributed by atoms with E-state index in [1.54, 1.807) is 6.07 Å². The molecule has 0 aliphatic rings. The maximum atomic E-state index is 13.7. The van der Waals surface area contributed by atoms with Crippen molar-refractivity contribution < 1.29 is 13.9 Å². The second-order valence-electron chi connectivity index (χ2n) is 4.39. The fourth-order valence-electron chi connectivity index (χ4n) is 1.81. The van der Waals surface area contributed by atoms with Crippen LogP contribution < -0.4 is 10.1 Å². The third kappa shape index (κ3) is 4.33. The van der Waals surface area contributed by atoms with Gasteiger partial charge >= 0.3 is 0 Å². The van der Waals surface area contributed by atoms with Gasteiger partial charge in [-0.1, -0.05) is 36.4 Å². The lowest BCUT2D eigenvalue weighted by Gasteiger charge is -2.09. The van der Waals surface area contributed by atoms with Crippen LogP contribution in [-0.4, -0.2) is 13.8 Å². The highest BCUT2D eigenvalue weighted by molar-refractivity contribution is 5.29. The second kappa shape index (κ2) is 7.62. The number of hydrogen-bond donors (Lipinski definition) is 1. The maximum Gasteiger partial charge on any atom is 0.189 e. The number of nitrogens with one attached hydrogen (secondary N) is 1. The summed E-state index contributed by atoms with van der Waals surface area (Å²) < 4.78 is 24.3. The van der Waals surface area contributed by atoms with Crippen molar-refractivity contribution in [3.05, 3.63) is 65.5 Å². The Morgan fingerprint density at radius 2 is 1.85 bits per heavy atom. The number of ether oxygens (including phenoxy) is 2. The van der Waals surface area contributed by atoms with Gasteiger partial charge in [-0.2, -0.15) is 0 Å². The molecule has 4 heteroatoms. The molecular weight excluding hydrogens is 257 g/mol. The van der Waals surface area contributed by atoms with Gasteiger partial charge in [-0.3, -0.25) is 0 Å². The lowest BCUT2D eigenvalue weighted by Crippen LogP contribution is -2.07. The molecule has 106 valence electrons. The molecule has 0 heterocycles. The Kier molecular flexibility index (Phi) is 5.53. The van der Waals surface area contributed by atoms with E-state index in [4.69, 9.17) is 9.47 Å². The van der Waals surface area contributed by atoms with Crippen LogP contribution in [0.15, 0.2) is 48.5 Å². The Bertz CT molecular complexity index is 531. The first-order chi connectivity index (χ1) is 9.79. The molecule has 0 aliphatic carbocycles. The van der Waals surface area contributed by atoms with Crippen molar-refractivity contribution >= 4 is 0 Å². The van der Waals surface area contributed by atoms with Crippen LogP contribution in [0, 0.1) is 5.82 Å². The molecule has 0 aliphatic heterocycles. The summed E-state index contributed by atoms with van der Waals surface area (Å²) in [5.41, 5.74) is 1.93. The fraction of sp³-hybridized carbons (Fsp3) is 0.250. The Hall–Kier alpha value is -1.91. The highest BCUT2D eigenvalue weighted by atomic mass is 19.1. The topological polar surface area (TPSA) is 30.5 Å². The van der Waals surface area contributed by atoms with Crippen LogP contribution in [0.5, 0.6) is 5.75 Å². The Morgan fingerprint density at radius 3 is 2.55 bits per heavy atom. The minimum absolute atomic E-state index is 0.0250. The van der Waals surface area contributed by atoms with E-state index in [0.29, 0.717) is 13.2 Å². The fourth-order valence-corrected chi connectivity index (χ4v) is 1.81. The van der Waals surface area contributed by atoms with Gasteiger partial charge in [-0.25, -0.2) is 4.39 Å². The van der Waals surface area contributed by atoms with Gasteiger partial charge in [-0.05, 0) is 30.3 Å². The van der Waals surface area contributed by atoms with Gasteiger partial charge in [0.05, 0.1) is 6.61 Å². The molecule has 1 N–H and O–H groups in total. The van der Waals surface area contributed by atoms with Crippen LogP contribution in [-0.2, 0) is 17.9 Å². The molecule has 0 fully saturated rings. The van der Waals surface area contributed by atoms with E-state index in [0.717, 1.165) is 11.1 Å². The molecule has 0 aromatic heterocycles. The SMILES string of the molecule is CNCc1ccc(OCOCc2ccccc2)c(F)c1. The lowest BCUT2D eigenvalue weighted by atomic mass is 10.2. The number of hydrogen-bond acceptors (Lipinski definition) is 3. The normalized spacial score (nSPS) is 10.5. The summed E-state index contributed by atoms with van der Waals surface area (Å²) in [6.07, 6.45) is 0. The average molecular weight is 275 g/mol. The van der Waals surface area contributed by atoms with Crippen LogP contribution >= 0.6 is 0 Å². The zero-order valence-electron chi connectivity index (χ0n) is 11.4. The van der Waals surface area contributed by atoms with E-state index in [2.05, 4.69) is 5.32 Å². The molecule has 2 aromatic carbocycles. The highest BCUT2D eigenvalue weighted by Gasteiger charge is 2.04. The van der Waals surface area contributed by atoms with Gasteiger partial charge in [0, 0.05) is 6.54 Å². The molecule has 0 atom stereocenters. The van der Waals surface area contributed by atoms with Crippen molar-refractivity contribution in [2.75, 3.05) is 13.8 Å². The molecular formula is C16H18FNO2. The summed E-state index contributed by atoms with van der Waals surface area (Å²) in [6, 6.07) is 14.7. The molecule has 20 heavy (non-hydrogen) atoms. The van der Waals surface area contributed by atoms with Crippen LogP contribution in [0.2, 0.25) is 0 Å². The first-order valence-electron chi connectivity index (χ1n) is 6.47. The van der Waals surface area contributed by atoms with Crippen molar-refractivity contribution in [1.82, 2.24) is 5.32 Å². The predicted molar refractivity (Wildman–Crippen MR) is 75.9 cm³/mol. The smallest absolute Gasteiger partial charge is 0.189 e. The first kappa shape index (κ1) is 14.5. The minimum atomic E-state index is -0.374. The largest absolute Gasteiger partial charge is 0.464 e. The molecule has 2 aromatic rings. The summed E-state index contributed by atoms with van der Waals surface area (Å²) in [5, 5.41) is 2.97. The molecule has 0 radical (unpaired) electrons. The minimum Gasteiger partial charge on any atom is -0.464 e. The number of rotatable bonds is 7. The van der Waals surface area contributed by atoms with E-state index in [-0.39, 0.29) is 18.4 Å². The summed E-state index contributed by atoms with van der Waals surface area (Å²) >= 11 is 0. The van der Waals surface area contributed by atoms with Crippen LogP contribution in [0.4, 0.5) is 4.39 Å². The zero-order chi connectivity index (χ0) is 14.2. The van der Waals surface area contributed by atoms with Crippen LogP contribution in [0.25, 0.3) is 0 Å². The average Bonchev–Trinajstić information content (AvgIpc) is 2.47. The standard InChI is InChI=1S/C16H18FNO2/c1-18-10-14-7-8-16(15(17)9-14)20-12-19-11-13-5-3-2-4-6-13/h2-9,18H,10-12H2,1H3. The molecule has 0 saturated heterocycles. The van der Waals surface area contributed by atoms with Gasteiger partial charge in [0.2, 0.25) is 0 Å². The zero-order valence-corrected chi connectivity index (χ0v) is 11.4. The molecule has 2 rings (SSSR count). The van der Waals surface area contributed by atoms with Gasteiger partial charge in [0.15, 0.2) is 18.4 Å². The summed E-state index contributed by atoms with van der Waals surface area (Å²) in [4.78, 5) is 0. The van der Waals surface area contributed by atoms with E-state index in [1.165, 1.54) is 6.07 Å². The third-order valence-corrected chi connectivity index (χ3v) is 2.79. The Balaban J connectivity index is 1.79. The van der Waals surface area contributed by atoms with Gasteiger partial charge in [0.25, 0.3) is 0 Å². The summed E-state index contributed by atoms with van der Waals surface area (Å²) in [7, 11) is 1.82. The number of benzene rings is 2. The molecule has 3 nitrogen and oxygen atoms in total. The Morgan fingerprint density at radius 1 is 1.05 bits per heavy atom. The monoisotopic (exact) mass is 275 g/mol. The number of halogens is 1. The van der Waals surface area contributed by atoms with E-state index >= 15 is 0 Å². The lowest BCUT2D eigenvalue weighted by molar-refractivity contribution is 0.00301. The molecule has 0 amide bonds. The van der Waals surface area contributed by atoms with E-state index in [9.17, 15) is 4.39 Å². The van der Waals surface area contributed by atoms with Crippen molar-refractivity contribution in [1.29, 1.82) is 0 Å². The van der Waals surface area contributed by atoms with Gasteiger partial charge < -0.3 is 14.8 Å². The third-order valence-electron chi connectivity index (χ3n) is 2.79. The maximum absolute atomic E-state index is 13.7. The van der Waals surface area contributed by atoms with Crippen molar-refractivity contribution in [2.45, 2.75) is 13.2 Å². The van der Waals surface area contributed by atoms with E-state index < -0.39 is 0 Å². The summed E-state index contributed by atoms with van der Waals surface area (Å²) in [6.45, 7) is 1.10.